The van der Waals surface area contributed by atoms with Gasteiger partial charge in [0.2, 0.25) is 5.91 Å². The smallest absolute Gasteiger partial charge is 0.406 e. The third-order valence-corrected chi connectivity index (χ3v) is 4.22. The van der Waals surface area contributed by atoms with Crippen molar-refractivity contribution in [1.82, 2.24) is 14.5 Å². The Morgan fingerprint density at radius 3 is 2.37 bits per heavy atom. The van der Waals surface area contributed by atoms with Crippen LogP contribution in [-0.4, -0.2) is 26.8 Å². The predicted octanol–water partition coefficient (Wildman–Crippen LogP) is 5.06. The average Bonchev–Trinajstić information content (AvgIpc) is 2.96. The highest BCUT2D eigenvalue weighted by molar-refractivity contribution is 5.91. The molecule has 1 aromatic carbocycles. The molecule has 1 amide bonds. The van der Waals surface area contributed by atoms with Crippen LogP contribution in [-0.2, 0) is 11.3 Å². The number of amides is 1. The first kappa shape index (κ1) is 21.6. The van der Waals surface area contributed by atoms with Crippen molar-refractivity contribution in [3.63, 3.8) is 0 Å². The number of rotatable bonds is 5. The summed E-state index contributed by atoms with van der Waals surface area (Å²) in [6.07, 6.45) is -2.56. The number of ether oxygens (including phenoxy) is 1. The zero-order chi connectivity index (χ0) is 22.1. The number of fused-ring (bicyclic) bond motifs is 1. The molecule has 0 aliphatic heterocycles. The molecule has 6 nitrogen and oxygen atoms in total. The number of halogens is 3. The van der Waals surface area contributed by atoms with E-state index < -0.39 is 6.36 Å². The van der Waals surface area contributed by atoms with Gasteiger partial charge in [0, 0.05) is 19.2 Å². The van der Waals surface area contributed by atoms with Crippen molar-refractivity contribution >= 4 is 22.9 Å². The zero-order valence-corrected chi connectivity index (χ0v) is 17.2. The number of aryl methyl sites for hydroxylation is 1. The number of carbonyl (C=O) groups is 1. The summed E-state index contributed by atoms with van der Waals surface area (Å²) in [5, 5.41) is 2.82. The Hall–Kier alpha value is -3.10. The van der Waals surface area contributed by atoms with E-state index in [2.05, 4.69) is 20.0 Å². The molecule has 0 unspecified atom stereocenters. The van der Waals surface area contributed by atoms with E-state index in [-0.39, 0.29) is 17.1 Å². The van der Waals surface area contributed by atoms with Crippen molar-refractivity contribution in [1.29, 1.82) is 0 Å². The molecule has 2 aromatic heterocycles. The van der Waals surface area contributed by atoms with E-state index >= 15 is 0 Å². The lowest BCUT2D eigenvalue weighted by Gasteiger charge is -2.17. The Balaban J connectivity index is 1.77. The molecule has 0 bridgehead atoms. The van der Waals surface area contributed by atoms with Gasteiger partial charge in [0.15, 0.2) is 11.5 Å². The van der Waals surface area contributed by atoms with E-state index in [9.17, 15) is 18.0 Å². The van der Waals surface area contributed by atoms with Crippen LogP contribution in [0.1, 0.15) is 38.4 Å². The summed E-state index contributed by atoms with van der Waals surface area (Å²) < 4.78 is 42.6. The number of alkyl halides is 3. The van der Waals surface area contributed by atoms with E-state index in [0.717, 1.165) is 5.56 Å². The Bertz CT molecular complexity index is 1050. The first-order valence-corrected chi connectivity index (χ1v) is 9.38. The van der Waals surface area contributed by atoms with Crippen LogP contribution < -0.4 is 10.1 Å². The van der Waals surface area contributed by atoms with Gasteiger partial charge in [0.25, 0.3) is 0 Å². The molecule has 3 rings (SSSR count). The molecule has 0 radical (unpaired) electrons. The number of nitrogens with one attached hydrogen (secondary N) is 1. The lowest BCUT2D eigenvalue weighted by Crippen LogP contribution is -2.21. The monoisotopic (exact) mass is 420 g/mol. The molecule has 0 saturated heterocycles. The summed E-state index contributed by atoms with van der Waals surface area (Å²) >= 11 is 0. The predicted molar refractivity (Wildman–Crippen MR) is 107 cm³/mol. The van der Waals surface area contributed by atoms with Gasteiger partial charge in [-0.15, -0.1) is 13.2 Å². The summed E-state index contributed by atoms with van der Waals surface area (Å²) in [5.74, 6) is 0.0258. The maximum absolute atomic E-state index is 12.3. The maximum atomic E-state index is 12.3. The van der Waals surface area contributed by atoms with Crippen molar-refractivity contribution in [3.05, 3.63) is 47.8 Å². The number of benzene rings is 1. The molecule has 0 atom stereocenters. The second kappa shape index (κ2) is 7.97. The fraction of sp³-hybridized carbons (Fsp3) is 0.381. The van der Waals surface area contributed by atoms with Gasteiger partial charge < -0.3 is 14.6 Å². The van der Waals surface area contributed by atoms with Gasteiger partial charge in [-0.3, -0.25) is 4.79 Å². The standard InChI is InChI=1S/C21H23F3N4O2/c1-13-18(27-17(29)11-20(2,3)4)26-16-9-10-28(19(16)25-13)12-14-5-7-15(8-6-14)30-21(22,23)24/h5-10H,11-12H2,1-4H3,(H,26,27,29). The van der Waals surface area contributed by atoms with E-state index in [1.807, 2.05) is 25.3 Å². The molecule has 0 spiro atoms. The lowest BCUT2D eigenvalue weighted by atomic mass is 9.92. The molecule has 0 aliphatic carbocycles. The maximum Gasteiger partial charge on any atom is 0.573 e. The topological polar surface area (TPSA) is 69.0 Å². The van der Waals surface area contributed by atoms with Crippen LogP contribution in [0.3, 0.4) is 0 Å². The van der Waals surface area contributed by atoms with Crippen molar-refractivity contribution in [3.8, 4) is 5.75 Å². The Kier molecular flexibility index (Phi) is 5.74. The normalized spacial score (nSPS) is 12.2. The van der Waals surface area contributed by atoms with Crippen LogP contribution in [0.2, 0.25) is 0 Å². The molecule has 0 fully saturated rings. The van der Waals surface area contributed by atoms with Crippen LogP contribution in [0.25, 0.3) is 11.2 Å². The molecule has 160 valence electrons. The molecule has 3 aromatic rings. The lowest BCUT2D eigenvalue weighted by molar-refractivity contribution is -0.274. The van der Waals surface area contributed by atoms with Gasteiger partial charge in [0.05, 0.1) is 5.69 Å². The average molecular weight is 420 g/mol. The zero-order valence-electron chi connectivity index (χ0n) is 17.2. The van der Waals surface area contributed by atoms with Crippen LogP contribution in [0.15, 0.2) is 36.5 Å². The van der Waals surface area contributed by atoms with Gasteiger partial charge in [-0.05, 0) is 36.1 Å². The fourth-order valence-electron chi connectivity index (χ4n) is 2.97. The van der Waals surface area contributed by atoms with Crippen molar-refractivity contribution in [2.75, 3.05) is 5.32 Å². The molecule has 0 aliphatic rings. The van der Waals surface area contributed by atoms with Gasteiger partial charge in [0.1, 0.15) is 11.3 Å². The minimum Gasteiger partial charge on any atom is -0.406 e. The summed E-state index contributed by atoms with van der Waals surface area (Å²) in [5.41, 5.74) is 2.46. The third kappa shape index (κ3) is 5.71. The first-order valence-electron chi connectivity index (χ1n) is 9.38. The van der Waals surface area contributed by atoms with Gasteiger partial charge >= 0.3 is 6.36 Å². The van der Waals surface area contributed by atoms with Crippen LogP contribution in [0, 0.1) is 12.3 Å². The Morgan fingerprint density at radius 2 is 1.77 bits per heavy atom. The van der Waals surface area contributed by atoms with Gasteiger partial charge in [-0.2, -0.15) is 0 Å². The van der Waals surface area contributed by atoms with Crippen LogP contribution >= 0.6 is 0 Å². The van der Waals surface area contributed by atoms with Crippen molar-refractivity contribution in [2.45, 2.75) is 47.0 Å². The van der Waals surface area contributed by atoms with E-state index in [4.69, 9.17) is 0 Å². The van der Waals surface area contributed by atoms with Gasteiger partial charge in [-0.25, -0.2) is 9.97 Å². The highest BCUT2D eigenvalue weighted by atomic mass is 19.4. The number of nitrogens with zero attached hydrogens (tertiary/aromatic N) is 3. The second-order valence-corrected chi connectivity index (χ2v) is 8.29. The summed E-state index contributed by atoms with van der Waals surface area (Å²) in [6.45, 7) is 8.11. The van der Waals surface area contributed by atoms with E-state index in [1.165, 1.54) is 12.1 Å². The molecule has 30 heavy (non-hydrogen) atoms. The van der Waals surface area contributed by atoms with E-state index in [1.54, 1.807) is 31.3 Å². The molecule has 1 N–H and O–H groups in total. The van der Waals surface area contributed by atoms with Gasteiger partial charge in [-0.1, -0.05) is 32.9 Å². The SMILES string of the molecule is Cc1nc2c(ccn2Cc2ccc(OC(F)(F)F)cc2)nc1NC(=O)CC(C)(C)C. The highest BCUT2D eigenvalue weighted by Crippen LogP contribution is 2.24. The van der Waals surface area contributed by atoms with Crippen molar-refractivity contribution < 1.29 is 22.7 Å². The minimum atomic E-state index is -4.72. The molecular weight excluding hydrogens is 397 g/mol. The summed E-state index contributed by atoms with van der Waals surface area (Å²) in [7, 11) is 0. The number of anilines is 1. The van der Waals surface area contributed by atoms with Crippen LogP contribution in [0.4, 0.5) is 19.0 Å². The molecule has 2 heterocycles. The third-order valence-electron chi connectivity index (χ3n) is 4.22. The molecular formula is C21H23F3N4O2. The van der Waals surface area contributed by atoms with E-state index in [0.29, 0.717) is 35.6 Å². The number of carbonyl (C=O) groups excluding carboxylic acids is 1. The highest BCUT2D eigenvalue weighted by Gasteiger charge is 2.31. The number of hydrogen-bond donors (Lipinski definition) is 1. The van der Waals surface area contributed by atoms with Crippen molar-refractivity contribution in [2.24, 2.45) is 5.41 Å². The largest absolute Gasteiger partial charge is 0.573 e. The summed E-state index contributed by atoms with van der Waals surface area (Å²) in [6, 6.07) is 7.45. The number of aromatic nitrogens is 3. The fourth-order valence-corrected chi connectivity index (χ4v) is 2.97. The first-order chi connectivity index (χ1) is 13.9. The quantitative estimate of drug-likeness (QED) is 0.626. The minimum absolute atomic E-state index is 0.125. The Morgan fingerprint density at radius 1 is 1.10 bits per heavy atom. The molecule has 9 heteroatoms. The second-order valence-electron chi connectivity index (χ2n) is 8.29. The number of hydrogen-bond acceptors (Lipinski definition) is 4. The van der Waals surface area contributed by atoms with Crippen LogP contribution in [0.5, 0.6) is 5.75 Å². The Labute approximate surface area is 172 Å². The summed E-state index contributed by atoms with van der Waals surface area (Å²) in [4.78, 5) is 21.3. The molecule has 0 saturated carbocycles.